The Morgan fingerprint density at radius 3 is 2.38 bits per heavy atom. The Bertz CT molecular complexity index is 471. The van der Waals surface area contributed by atoms with Gasteiger partial charge >= 0.3 is 0 Å². The first kappa shape index (κ1) is 22.7. The van der Waals surface area contributed by atoms with Crippen molar-refractivity contribution in [1.29, 1.82) is 0 Å². The van der Waals surface area contributed by atoms with Gasteiger partial charge in [0.2, 0.25) is 0 Å². The van der Waals surface area contributed by atoms with Crippen LogP contribution in [-0.4, -0.2) is 33.5 Å². The molecule has 1 aromatic rings. The lowest BCUT2D eigenvalue weighted by atomic mass is 10.0. The topological polar surface area (TPSA) is 27.7 Å². The summed E-state index contributed by atoms with van der Waals surface area (Å²) in [6.45, 7) is 8.51. The van der Waals surface area contributed by atoms with E-state index in [1.165, 1.54) is 56.1 Å². The predicted octanol–water partition coefficient (Wildman–Crippen LogP) is 5.75. The summed E-state index contributed by atoms with van der Waals surface area (Å²) in [5, 5.41) is 0. The zero-order chi connectivity index (χ0) is 18.9. The number of hydrogen-bond acceptors (Lipinski definition) is 3. The maximum Gasteiger partial charge on any atom is 0.122 e. The Balaban J connectivity index is 2.35. The summed E-state index contributed by atoms with van der Waals surface area (Å²) in [5.74, 6) is 0.948. The molecular formula is C23H38O3. The second kappa shape index (κ2) is 15.9. The summed E-state index contributed by atoms with van der Waals surface area (Å²) in [5.41, 5.74) is 2.62. The van der Waals surface area contributed by atoms with Gasteiger partial charge < -0.3 is 14.2 Å². The number of hydrogen-bond donors (Lipinski definition) is 0. The maximum absolute atomic E-state index is 5.89. The fraction of sp³-hybridized carbons (Fsp3) is 0.652. The minimum absolute atomic E-state index is 0.560. The van der Waals surface area contributed by atoms with Gasteiger partial charge in [-0.3, -0.25) is 0 Å². The molecule has 0 aromatic heterocycles. The van der Waals surface area contributed by atoms with Gasteiger partial charge in [-0.15, -0.1) is 6.58 Å². The van der Waals surface area contributed by atoms with Gasteiger partial charge in [-0.1, -0.05) is 63.7 Å². The molecule has 3 heteroatoms. The molecule has 0 atom stereocenters. The van der Waals surface area contributed by atoms with E-state index in [1.54, 1.807) is 7.11 Å². The Hall–Kier alpha value is -1.32. The van der Waals surface area contributed by atoms with Crippen LogP contribution in [0.2, 0.25) is 0 Å². The van der Waals surface area contributed by atoms with Crippen LogP contribution < -0.4 is 4.74 Å². The van der Waals surface area contributed by atoms with Crippen LogP contribution in [0.15, 0.2) is 30.9 Å². The smallest absolute Gasteiger partial charge is 0.122 e. The largest absolute Gasteiger partial charge is 0.491 e. The molecule has 0 spiro atoms. The number of aryl methyl sites for hydroxylation is 1. The van der Waals surface area contributed by atoms with Crippen LogP contribution in [0.5, 0.6) is 5.75 Å². The number of methoxy groups -OCH3 is 1. The molecule has 0 amide bonds. The maximum atomic E-state index is 5.89. The summed E-state index contributed by atoms with van der Waals surface area (Å²) in [4.78, 5) is 0. The van der Waals surface area contributed by atoms with Gasteiger partial charge in [0.15, 0.2) is 0 Å². The average molecular weight is 363 g/mol. The standard InChI is InChI=1S/C23H38O3/c1-4-6-7-8-9-10-11-13-21-14-15-23(22(20-21)12-5-2)26-19-18-25-17-16-24-3/h5,14-15,20H,2,4,6-13,16-19H2,1,3H3. The van der Waals surface area contributed by atoms with Crippen molar-refractivity contribution in [3.8, 4) is 5.75 Å². The molecule has 0 heterocycles. The Morgan fingerprint density at radius 2 is 1.65 bits per heavy atom. The minimum atomic E-state index is 0.560. The molecule has 0 saturated heterocycles. The van der Waals surface area contributed by atoms with E-state index in [1.807, 2.05) is 6.08 Å². The van der Waals surface area contributed by atoms with Crippen molar-refractivity contribution in [3.63, 3.8) is 0 Å². The lowest BCUT2D eigenvalue weighted by Gasteiger charge is -2.13. The normalized spacial score (nSPS) is 10.8. The summed E-state index contributed by atoms with van der Waals surface area (Å²) in [6.07, 6.45) is 13.4. The van der Waals surface area contributed by atoms with Gasteiger partial charge in [-0.25, -0.2) is 0 Å². The molecule has 3 nitrogen and oxygen atoms in total. The third kappa shape index (κ3) is 10.6. The van der Waals surface area contributed by atoms with E-state index in [9.17, 15) is 0 Å². The van der Waals surface area contributed by atoms with E-state index < -0.39 is 0 Å². The van der Waals surface area contributed by atoms with Crippen molar-refractivity contribution < 1.29 is 14.2 Å². The quantitative estimate of drug-likeness (QED) is 0.261. The Morgan fingerprint density at radius 1 is 0.923 bits per heavy atom. The molecule has 0 radical (unpaired) electrons. The molecule has 0 N–H and O–H groups in total. The molecule has 148 valence electrons. The molecule has 0 aliphatic carbocycles. The molecule has 1 aromatic carbocycles. The molecular weight excluding hydrogens is 324 g/mol. The summed E-state index contributed by atoms with van der Waals surface area (Å²) < 4.78 is 16.3. The van der Waals surface area contributed by atoms with Gasteiger partial charge in [0, 0.05) is 7.11 Å². The number of allylic oxidation sites excluding steroid dienone is 1. The first-order valence-corrected chi connectivity index (χ1v) is 10.2. The van der Waals surface area contributed by atoms with Gasteiger partial charge in [-0.2, -0.15) is 0 Å². The highest BCUT2D eigenvalue weighted by Crippen LogP contribution is 2.22. The van der Waals surface area contributed by atoms with Gasteiger partial charge in [0.05, 0.1) is 19.8 Å². The first-order chi connectivity index (χ1) is 12.8. The van der Waals surface area contributed by atoms with E-state index in [2.05, 4.69) is 31.7 Å². The van der Waals surface area contributed by atoms with Gasteiger partial charge in [-0.05, 0) is 36.5 Å². The summed E-state index contributed by atoms with van der Waals surface area (Å²) in [7, 11) is 1.68. The van der Waals surface area contributed by atoms with E-state index in [0.717, 1.165) is 18.6 Å². The second-order valence-corrected chi connectivity index (χ2v) is 6.76. The zero-order valence-corrected chi connectivity index (χ0v) is 16.9. The van der Waals surface area contributed by atoms with Crippen LogP contribution in [0.3, 0.4) is 0 Å². The summed E-state index contributed by atoms with van der Waals surface area (Å²) in [6, 6.07) is 6.58. The van der Waals surface area contributed by atoms with Crippen LogP contribution in [0.1, 0.15) is 63.0 Å². The molecule has 0 aliphatic heterocycles. The lowest BCUT2D eigenvalue weighted by Crippen LogP contribution is -2.10. The van der Waals surface area contributed by atoms with Crippen molar-refractivity contribution in [1.82, 2.24) is 0 Å². The number of ether oxygens (including phenoxy) is 3. The van der Waals surface area contributed by atoms with Crippen molar-refractivity contribution in [2.75, 3.05) is 33.5 Å². The molecule has 0 saturated carbocycles. The van der Waals surface area contributed by atoms with Crippen LogP contribution in [0.25, 0.3) is 0 Å². The highest BCUT2D eigenvalue weighted by atomic mass is 16.5. The van der Waals surface area contributed by atoms with Crippen LogP contribution in [0, 0.1) is 0 Å². The van der Waals surface area contributed by atoms with Crippen LogP contribution >= 0.6 is 0 Å². The SMILES string of the molecule is C=CCc1cc(CCCCCCCCC)ccc1OCCOCCOC. The fourth-order valence-corrected chi connectivity index (χ4v) is 2.99. The van der Waals surface area contributed by atoms with Crippen molar-refractivity contribution in [2.24, 2.45) is 0 Å². The van der Waals surface area contributed by atoms with Gasteiger partial charge in [0.1, 0.15) is 12.4 Å². The van der Waals surface area contributed by atoms with Gasteiger partial charge in [0.25, 0.3) is 0 Å². The number of unbranched alkanes of at least 4 members (excludes halogenated alkanes) is 6. The lowest BCUT2D eigenvalue weighted by molar-refractivity contribution is 0.0543. The van der Waals surface area contributed by atoms with E-state index in [4.69, 9.17) is 14.2 Å². The first-order valence-electron chi connectivity index (χ1n) is 10.2. The number of benzene rings is 1. The molecule has 1 rings (SSSR count). The van der Waals surface area contributed by atoms with E-state index >= 15 is 0 Å². The number of rotatable bonds is 17. The second-order valence-electron chi connectivity index (χ2n) is 6.76. The molecule has 0 bridgehead atoms. The van der Waals surface area contributed by atoms with Crippen molar-refractivity contribution in [2.45, 2.75) is 64.7 Å². The van der Waals surface area contributed by atoms with E-state index in [0.29, 0.717) is 26.4 Å². The highest BCUT2D eigenvalue weighted by molar-refractivity contribution is 5.38. The highest BCUT2D eigenvalue weighted by Gasteiger charge is 2.05. The van der Waals surface area contributed by atoms with Crippen molar-refractivity contribution in [3.05, 3.63) is 42.0 Å². The third-order valence-electron chi connectivity index (χ3n) is 4.48. The third-order valence-corrected chi connectivity index (χ3v) is 4.48. The van der Waals surface area contributed by atoms with Crippen LogP contribution in [-0.2, 0) is 22.3 Å². The van der Waals surface area contributed by atoms with Crippen molar-refractivity contribution >= 4 is 0 Å². The monoisotopic (exact) mass is 362 g/mol. The Labute approximate surface area is 160 Å². The molecule has 0 fully saturated rings. The Kier molecular flexibility index (Phi) is 13.9. The van der Waals surface area contributed by atoms with E-state index in [-0.39, 0.29) is 0 Å². The van der Waals surface area contributed by atoms with Crippen LogP contribution in [0.4, 0.5) is 0 Å². The fourth-order valence-electron chi connectivity index (χ4n) is 2.99. The minimum Gasteiger partial charge on any atom is -0.491 e. The average Bonchev–Trinajstić information content (AvgIpc) is 2.65. The molecule has 0 aliphatic rings. The predicted molar refractivity (Wildman–Crippen MR) is 110 cm³/mol. The molecule has 26 heavy (non-hydrogen) atoms. The summed E-state index contributed by atoms with van der Waals surface area (Å²) >= 11 is 0. The zero-order valence-electron chi connectivity index (χ0n) is 16.9. The molecule has 0 unspecified atom stereocenters.